The van der Waals surface area contributed by atoms with Gasteiger partial charge in [0, 0.05) is 31.7 Å². The quantitative estimate of drug-likeness (QED) is 0.601. The van der Waals surface area contributed by atoms with Crippen LogP contribution in [0.4, 0.5) is 0 Å². The molecule has 0 saturated heterocycles. The molecule has 6 heteroatoms. The topological polar surface area (TPSA) is 57.7 Å². The summed E-state index contributed by atoms with van der Waals surface area (Å²) in [6, 6.07) is 13.5. The molecule has 0 aromatic heterocycles. The standard InChI is InChI=1S/C20H17ClN2O3/c1-22(2)12-17(18(24)11-13-6-5-7-14(21)10-13)23-19(25)15-8-3-4-9-16(15)20(23)26/h3-10,12H,11H2,1-2H3. The number of hydrogen-bond donors (Lipinski definition) is 0. The Balaban J connectivity index is 1.96. The van der Waals surface area contributed by atoms with Gasteiger partial charge in [-0.2, -0.15) is 0 Å². The van der Waals surface area contributed by atoms with Crippen LogP contribution >= 0.6 is 11.6 Å². The number of carbonyl (C=O) groups is 3. The summed E-state index contributed by atoms with van der Waals surface area (Å²) >= 11 is 5.97. The average molecular weight is 369 g/mol. The molecule has 1 heterocycles. The zero-order chi connectivity index (χ0) is 18.8. The molecule has 0 atom stereocenters. The van der Waals surface area contributed by atoms with Crippen LogP contribution in [0, 0.1) is 0 Å². The van der Waals surface area contributed by atoms with Crippen molar-refractivity contribution >= 4 is 29.2 Å². The lowest BCUT2D eigenvalue weighted by atomic mass is 10.1. The minimum atomic E-state index is -0.488. The number of Topliss-reactive ketones (excluding diaryl/α,β-unsaturated/α-hetero) is 1. The van der Waals surface area contributed by atoms with Crippen molar-refractivity contribution in [2.24, 2.45) is 0 Å². The monoisotopic (exact) mass is 368 g/mol. The van der Waals surface area contributed by atoms with Crippen LogP contribution in [-0.4, -0.2) is 41.5 Å². The molecule has 132 valence electrons. The molecule has 0 fully saturated rings. The number of nitrogens with zero attached hydrogens (tertiary/aromatic N) is 2. The molecule has 2 amide bonds. The minimum Gasteiger partial charge on any atom is -0.382 e. The number of allylic oxidation sites excluding steroid dienone is 1. The van der Waals surface area contributed by atoms with E-state index in [1.165, 1.54) is 6.20 Å². The van der Waals surface area contributed by atoms with E-state index in [1.807, 2.05) is 0 Å². The highest BCUT2D eigenvalue weighted by Crippen LogP contribution is 2.27. The average Bonchev–Trinajstić information content (AvgIpc) is 2.84. The molecule has 2 aromatic carbocycles. The summed E-state index contributed by atoms with van der Waals surface area (Å²) in [5, 5.41) is 0.522. The first-order valence-electron chi connectivity index (χ1n) is 8.02. The number of fused-ring (bicyclic) bond motifs is 1. The maximum atomic E-state index is 12.9. The Morgan fingerprint density at radius 3 is 2.19 bits per heavy atom. The summed E-state index contributed by atoms with van der Waals surface area (Å²) in [6.45, 7) is 0. The van der Waals surface area contributed by atoms with Crippen LogP contribution in [-0.2, 0) is 11.2 Å². The SMILES string of the molecule is CN(C)C=C(C(=O)Cc1cccc(Cl)c1)N1C(=O)c2ccccc2C1=O. The van der Waals surface area contributed by atoms with Crippen molar-refractivity contribution in [3.8, 4) is 0 Å². The Bertz CT molecular complexity index is 899. The number of halogens is 1. The molecule has 0 radical (unpaired) electrons. The molecule has 0 saturated carbocycles. The first-order chi connectivity index (χ1) is 12.4. The van der Waals surface area contributed by atoms with Crippen LogP contribution in [0.15, 0.2) is 60.4 Å². The van der Waals surface area contributed by atoms with Crippen LogP contribution in [0.25, 0.3) is 0 Å². The highest BCUT2D eigenvalue weighted by atomic mass is 35.5. The summed E-state index contributed by atoms with van der Waals surface area (Å²) in [4.78, 5) is 40.9. The summed E-state index contributed by atoms with van der Waals surface area (Å²) in [5.74, 6) is -1.31. The van der Waals surface area contributed by atoms with E-state index in [1.54, 1.807) is 67.5 Å². The van der Waals surface area contributed by atoms with Crippen molar-refractivity contribution in [2.45, 2.75) is 6.42 Å². The summed E-state index contributed by atoms with van der Waals surface area (Å²) in [5.41, 5.74) is 1.36. The molecular formula is C20H17ClN2O3. The van der Waals surface area contributed by atoms with Crippen LogP contribution in [0.2, 0.25) is 5.02 Å². The van der Waals surface area contributed by atoms with Crippen LogP contribution in [0.5, 0.6) is 0 Å². The van der Waals surface area contributed by atoms with Gasteiger partial charge in [-0.3, -0.25) is 14.4 Å². The third-order valence-electron chi connectivity index (χ3n) is 3.95. The Morgan fingerprint density at radius 2 is 1.65 bits per heavy atom. The van der Waals surface area contributed by atoms with Gasteiger partial charge in [-0.1, -0.05) is 35.9 Å². The third kappa shape index (κ3) is 3.39. The second-order valence-corrected chi connectivity index (χ2v) is 6.64. The second kappa shape index (κ2) is 7.14. The molecule has 3 rings (SSSR count). The molecule has 0 unspecified atom stereocenters. The zero-order valence-electron chi connectivity index (χ0n) is 14.4. The van der Waals surface area contributed by atoms with Crippen LogP contribution < -0.4 is 0 Å². The van der Waals surface area contributed by atoms with E-state index in [9.17, 15) is 14.4 Å². The maximum Gasteiger partial charge on any atom is 0.266 e. The Morgan fingerprint density at radius 1 is 1.04 bits per heavy atom. The van der Waals surface area contributed by atoms with Crippen molar-refractivity contribution in [3.05, 3.63) is 82.1 Å². The van der Waals surface area contributed by atoms with Gasteiger partial charge in [0.05, 0.1) is 11.1 Å². The number of rotatable bonds is 5. The lowest BCUT2D eigenvalue weighted by Gasteiger charge is -2.19. The maximum absolute atomic E-state index is 12.9. The van der Waals surface area contributed by atoms with Crippen molar-refractivity contribution in [3.63, 3.8) is 0 Å². The Labute approximate surface area is 156 Å². The van der Waals surface area contributed by atoms with Crippen molar-refractivity contribution in [1.29, 1.82) is 0 Å². The zero-order valence-corrected chi connectivity index (χ0v) is 15.2. The predicted octanol–water partition coefficient (Wildman–Crippen LogP) is 3.15. The first kappa shape index (κ1) is 17.9. The van der Waals surface area contributed by atoms with Gasteiger partial charge in [0.25, 0.3) is 11.8 Å². The smallest absolute Gasteiger partial charge is 0.266 e. The van der Waals surface area contributed by atoms with E-state index < -0.39 is 11.8 Å². The molecular weight excluding hydrogens is 352 g/mol. The molecule has 1 aliphatic rings. The van der Waals surface area contributed by atoms with E-state index in [2.05, 4.69) is 0 Å². The van der Waals surface area contributed by atoms with Gasteiger partial charge in [-0.05, 0) is 29.8 Å². The molecule has 0 N–H and O–H groups in total. The Hall–Kier alpha value is -2.92. The summed E-state index contributed by atoms with van der Waals surface area (Å²) in [6.07, 6.45) is 1.53. The van der Waals surface area contributed by atoms with Gasteiger partial charge in [0.15, 0.2) is 5.78 Å². The fourth-order valence-corrected chi connectivity index (χ4v) is 3.04. The molecule has 26 heavy (non-hydrogen) atoms. The first-order valence-corrected chi connectivity index (χ1v) is 8.40. The molecule has 0 spiro atoms. The highest BCUT2D eigenvalue weighted by molar-refractivity contribution is 6.30. The highest BCUT2D eigenvalue weighted by Gasteiger charge is 2.39. The van der Waals surface area contributed by atoms with Crippen LogP contribution in [0.3, 0.4) is 0 Å². The number of hydrogen-bond acceptors (Lipinski definition) is 4. The number of carbonyl (C=O) groups excluding carboxylic acids is 3. The molecule has 2 aromatic rings. The largest absolute Gasteiger partial charge is 0.382 e. The van der Waals surface area contributed by atoms with Crippen LogP contribution in [0.1, 0.15) is 26.3 Å². The molecule has 0 aliphatic carbocycles. The van der Waals surface area contributed by atoms with E-state index in [0.717, 1.165) is 4.90 Å². The fourth-order valence-electron chi connectivity index (χ4n) is 2.83. The van der Waals surface area contributed by atoms with Crippen molar-refractivity contribution in [2.75, 3.05) is 14.1 Å². The van der Waals surface area contributed by atoms with E-state index in [-0.39, 0.29) is 17.9 Å². The minimum absolute atomic E-state index is 0.0354. The van der Waals surface area contributed by atoms with Crippen molar-refractivity contribution < 1.29 is 14.4 Å². The number of ketones is 1. The molecule has 5 nitrogen and oxygen atoms in total. The lowest BCUT2D eigenvalue weighted by molar-refractivity contribution is -0.116. The number of imide groups is 1. The third-order valence-corrected chi connectivity index (χ3v) is 4.19. The summed E-state index contributed by atoms with van der Waals surface area (Å²) < 4.78 is 0. The Kier molecular flexibility index (Phi) is 4.91. The van der Waals surface area contributed by atoms with Gasteiger partial charge in [-0.15, -0.1) is 0 Å². The van der Waals surface area contributed by atoms with Gasteiger partial charge in [0.1, 0.15) is 5.70 Å². The fraction of sp³-hybridized carbons (Fsp3) is 0.150. The normalized spacial score (nSPS) is 13.8. The molecule has 1 aliphatic heterocycles. The number of benzene rings is 2. The van der Waals surface area contributed by atoms with E-state index in [0.29, 0.717) is 21.7 Å². The van der Waals surface area contributed by atoms with E-state index >= 15 is 0 Å². The lowest BCUT2D eigenvalue weighted by Crippen LogP contribution is -2.34. The summed E-state index contributed by atoms with van der Waals surface area (Å²) in [7, 11) is 3.45. The predicted molar refractivity (Wildman–Crippen MR) is 98.9 cm³/mol. The second-order valence-electron chi connectivity index (χ2n) is 6.20. The van der Waals surface area contributed by atoms with Gasteiger partial charge >= 0.3 is 0 Å². The van der Waals surface area contributed by atoms with Gasteiger partial charge in [0.2, 0.25) is 0 Å². The van der Waals surface area contributed by atoms with Crippen molar-refractivity contribution in [1.82, 2.24) is 9.80 Å². The number of amides is 2. The van der Waals surface area contributed by atoms with Gasteiger partial charge in [-0.25, -0.2) is 4.90 Å². The molecule has 0 bridgehead atoms. The van der Waals surface area contributed by atoms with Gasteiger partial charge < -0.3 is 4.90 Å². The van der Waals surface area contributed by atoms with E-state index in [4.69, 9.17) is 11.6 Å².